The minimum absolute atomic E-state index is 0.0409. The molecule has 0 unspecified atom stereocenters. The number of amides is 1. The molecule has 9 heteroatoms. The van der Waals surface area contributed by atoms with Gasteiger partial charge >= 0.3 is 6.09 Å². The zero-order valence-electron chi connectivity index (χ0n) is 20.6. The fourth-order valence-corrected chi connectivity index (χ4v) is 5.22. The highest BCUT2D eigenvalue weighted by atomic mass is 16.6. The predicted octanol–water partition coefficient (Wildman–Crippen LogP) is 2.55. The molecule has 3 fully saturated rings. The molecule has 0 radical (unpaired) electrons. The molecule has 3 heterocycles. The molecule has 35 heavy (non-hydrogen) atoms. The first-order chi connectivity index (χ1) is 16.8. The number of piperazine rings is 1. The third kappa shape index (κ3) is 5.85. The van der Waals surface area contributed by atoms with Gasteiger partial charge in [-0.25, -0.2) is 14.8 Å². The van der Waals surface area contributed by atoms with Crippen molar-refractivity contribution in [3.63, 3.8) is 0 Å². The molecule has 9 nitrogen and oxygen atoms in total. The summed E-state index contributed by atoms with van der Waals surface area (Å²) in [5, 5.41) is 9.76. The quantitative estimate of drug-likeness (QED) is 0.645. The van der Waals surface area contributed by atoms with Crippen molar-refractivity contribution in [2.45, 2.75) is 44.9 Å². The summed E-state index contributed by atoms with van der Waals surface area (Å²) in [6.07, 6.45) is 5.00. The van der Waals surface area contributed by atoms with Gasteiger partial charge in [0.05, 0.1) is 18.0 Å². The van der Waals surface area contributed by atoms with Crippen molar-refractivity contribution in [1.82, 2.24) is 19.8 Å². The Morgan fingerprint density at radius 2 is 1.74 bits per heavy atom. The zero-order chi connectivity index (χ0) is 24.5. The molecule has 1 amide bonds. The summed E-state index contributed by atoms with van der Waals surface area (Å²) >= 11 is 0. The van der Waals surface area contributed by atoms with Crippen molar-refractivity contribution >= 4 is 12.0 Å². The molecule has 1 aromatic carbocycles. The second-order valence-corrected chi connectivity index (χ2v) is 10.8. The first kappa shape index (κ1) is 23.8. The van der Waals surface area contributed by atoms with E-state index in [9.17, 15) is 9.90 Å². The number of anilines is 1. The van der Waals surface area contributed by atoms with Gasteiger partial charge in [-0.3, -0.25) is 4.90 Å². The minimum Gasteiger partial charge on any atom is -0.487 e. The Hall–Kier alpha value is -2.91. The van der Waals surface area contributed by atoms with Crippen LogP contribution in [0.1, 0.15) is 32.3 Å². The van der Waals surface area contributed by atoms with Gasteiger partial charge in [-0.2, -0.15) is 0 Å². The zero-order valence-corrected chi connectivity index (χ0v) is 20.6. The van der Waals surface area contributed by atoms with Crippen LogP contribution in [-0.4, -0.2) is 88.5 Å². The van der Waals surface area contributed by atoms with Crippen LogP contribution in [0.15, 0.2) is 42.7 Å². The van der Waals surface area contributed by atoms with Crippen molar-refractivity contribution < 1.29 is 19.4 Å². The normalized spacial score (nSPS) is 20.3. The Labute approximate surface area is 206 Å². The van der Waals surface area contributed by atoms with Crippen molar-refractivity contribution in [1.29, 1.82) is 0 Å². The number of hydrogen-bond donors (Lipinski definition) is 1. The largest absolute Gasteiger partial charge is 0.487 e. The van der Waals surface area contributed by atoms with Gasteiger partial charge < -0.3 is 24.4 Å². The Kier molecular flexibility index (Phi) is 6.55. The van der Waals surface area contributed by atoms with Crippen molar-refractivity contribution in [2.75, 3.05) is 50.8 Å². The molecule has 1 aromatic heterocycles. The van der Waals surface area contributed by atoms with Gasteiger partial charge in [-0.15, -0.1) is 0 Å². The Balaban J connectivity index is 1.00. The van der Waals surface area contributed by atoms with Crippen LogP contribution >= 0.6 is 0 Å². The highest BCUT2D eigenvalue weighted by Gasteiger charge is 2.53. The van der Waals surface area contributed by atoms with Gasteiger partial charge in [-0.05, 0) is 32.3 Å². The fraction of sp³-hybridized carbons (Fsp3) is 0.577. The molecule has 2 saturated heterocycles. The smallest absolute Gasteiger partial charge is 0.410 e. The van der Waals surface area contributed by atoms with Crippen LogP contribution in [-0.2, 0) is 11.3 Å². The molecule has 188 valence electrons. The second-order valence-electron chi connectivity index (χ2n) is 10.8. The number of hydrogen-bond acceptors (Lipinski definition) is 8. The molecule has 2 aromatic rings. The average molecular weight is 482 g/mol. The number of carbonyl (C=O) groups is 1. The summed E-state index contributed by atoms with van der Waals surface area (Å²) in [5.41, 5.74) is 0.784. The number of carbonyl (C=O) groups excluding carboxylic acids is 1. The summed E-state index contributed by atoms with van der Waals surface area (Å²) in [7, 11) is 0. The van der Waals surface area contributed by atoms with Gasteiger partial charge in [0.25, 0.3) is 0 Å². The van der Waals surface area contributed by atoms with Gasteiger partial charge in [0.2, 0.25) is 5.95 Å². The average Bonchev–Trinajstić information content (AvgIpc) is 2.80. The predicted molar refractivity (Wildman–Crippen MR) is 131 cm³/mol. The van der Waals surface area contributed by atoms with Gasteiger partial charge in [0.15, 0.2) is 5.75 Å². The van der Waals surface area contributed by atoms with E-state index in [4.69, 9.17) is 9.47 Å². The first-order valence-corrected chi connectivity index (χ1v) is 12.4. The van der Waals surface area contributed by atoms with Crippen LogP contribution in [0.4, 0.5) is 10.7 Å². The van der Waals surface area contributed by atoms with Gasteiger partial charge in [-0.1, -0.05) is 30.3 Å². The number of nitrogens with zero attached hydrogens (tertiary/aromatic N) is 5. The molecule has 0 bridgehead atoms. The number of aliphatic hydroxyl groups is 1. The second kappa shape index (κ2) is 9.62. The highest BCUT2D eigenvalue weighted by molar-refractivity contribution is 5.68. The molecular formula is C26H35N5O4. The Morgan fingerprint density at radius 1 is 1.09 bits per heavy atom. The van der Waals surface area contributed by atoms with Gasteiger partial charge in [0, 0.05) is 51.2 Å². The fourth-order valence-electron chi connectivity index (χ4n) is 5.22. The van der Waals surface area contributed by atoms with Gasteiger partial charge in [0.1, 0.15) is 12.7 Å². The maximum atomic E-state index is 12.7. The molecular weight excluding hydrogens is 446 g/mol. The Bertz CT molecular complexity index is 989. The summed E-state index contributed by atoms with van der Waals surface area (Å²) in [6, 6.07) is 10.6. The molecule has 3 aliphatic rings. The number of benzene rings is 1. The van der Waals surface area contributed by atoms with E-state index in [0.29, 0.717) is 43.3 Å². The van der Waals surface area contributed by atoms with Crippen LogP contribution in [0, 0.1) is 5.41 Å². The standard InChI is InChI=1S/C26H35N5O4/c1-25(2,33)19-34-22-14-27-23(28-15-22)30-8-10-31(11-9-30)24(32)35-21-12-26(13-21)17-29(18-26)16-20-6-4-3-5-7-20/h3-7,14-15,21,33H,8-13,16-19H2,1-2H3. The van der Waals surface area contributed by atoms with E-state index in [1.165, 1.54) is 5.56 Å². The lowest BCUT2D eigenvalue weighted by Gasteiger charge is -2.58. The lowest BCUT2D eigenvalue weighted by Crippen LogP contribution is -2.64. The summed E-state index contributed by atoms with van der Waals surface area (Å²) in [4.78, 5) is 27.7. The van der Waals surface area contributed by atoms with E-state index in [-0.39, 0.29) is 18.8 Å². The molecule has 1 aliphatic carbocycles. The third-order valence-corrected chi connectivity index (χ3v) is 6.98. The molecule has 1 N–H and O–H groups in total. The lowest BCUT2D eigenvalue weighted by atomic mass is 9.61. The Morgan fingerprint density at radius 3 is 2.37 bits per heavy atom. The van der Waals surface area contributed by atoms with E-state index in [1.54, 1.807) is 31.1 Å². The van der Waals surface area contributed by atoms with Crippen LogP contribution in [0.3, 0.4) is 0 Å². The number of rotatable bonds is 7. The monoisotopic (exact) mass is 481 g/mol. The number of aromatic nitrogens is 2. The van der Waals surface area contributed by atoms with Crippen LogP contribution in [0.25, 0.3) is 0 Å². The summed E-state index contributed by atoms with van der Waals surface area (Å²) < 4.78 is 11.3. The molecule has 1 saturated carbocycles. The third-order valence-electron chi connectivity index (χ3n) is 6.98. The van der Waals surface area contributed by atoms with E-state index >= 15 is 0 Å². The number of ether oxygens (including phenoxy) is 2. The van der Waals surface area contributed by atoms with E-state index < -0.39 is 5.60 Å². The van der Waals surface area contributed by atoms with Crippen LogP contribution in [0.5, 0.6) is 5.75 Å². The lowest BCUT2D eigenvalue weighted by molar-refractivity contribution is -0.136. The SMILES string of the molecule is CC(C)(O)COc1cnc(N2CCN(C(=O)OC3CC4(C3)CN(Cc3ccccc3)C4)CC2)nc1. The van der Waals surface area contributed by atoms with Crippen molar-refractivity contribution in [2.24, 2.45) is 5.41 Å². The highest BCUT2D eigenvalue weighted by Crippen LogP contribution is 2.50. The van der Waals surface area contributed by atoms with E-state index in [2.05, 4.69) is 44.0 Å². The van der Waals surface area contributed by atoms with Crippen molar-refractivity contribution in [3.8, 4) is 5.75 Å². The van der Waals surface area contributed by atoms with E-state index in [1.807, 2.05) is 6.07 Å². The van der Waals surface area contributed by atoms with E-state index in [0.717, 1.165) is 32.5 Å². The first-order valence-electron chi connectivity index (χ1n) is 12.4. The summed E-state index contributed by atoms with van der Waals surface area (Å²) in [5.74, 6) is 1.13. The maximum absolute atomic E-state index is 12.7. The summed E-state index contributed by atoms with van der Waals surface area (Å²) in [6.45, 7) is 9.20. The minimum atomic E-state index is -0.912. The molecule has 1 spiro atoms. The molecule has 2 aliphatic heterocycles. The van der Waals surface area contributed by atoms with Crippen LogP contribution < -0.4 is 9.64 Å². The van der Waals surface area contributed by atoms with Crippen LogP contribution in [0.2, 0.25) is 0 Å². The molecule has 5 rings (SSSR count). The number of likely N-dealkylation sites (tertiary alicyclic amines) is 1. The maximum Gasteiger partial charge on any atom is 0.410 e. The topological polar surface area (TPSA) is 91.3 Å². The molecule has 0 atom stereocenters. The van der Waals surface area contributed by atoms with Crippen molar-refractivity contribution in [3.05, 3.63) is 48.3 Å².